The van der Waals surface area contributed by atoms with Gasteiger partial charge < -0.3 is 10.5 Å². The van der Waals surface area contributed by atoms with Gasteiger partial charge in [0.2, 0.25) is 0 Å². The molecule has 0 saturated heterocycles. The number of nitrogens with two attached hydrogens (primary N) is 1. The molecule has 100 valence electrons. The number of benzene rings is 2. The quantitative estimate of drug-likeness (QED) is 0.844. The number of methoxy groups -OCH3 is 1. The zero-order valence-corrected chi connectivity index (χ0v) is 13.7. The summed E-state index contributed by atoms with van der Waals surface area (Å²) in [5.74, 6) is 0.863. The third kappa shape index (κ3) is 3.81. The van der Waals surface area contributed by atoms with Crippen molar-refractivity contribution in [2.75, 3.05) is 7.11 Å². The Labute approximate surface area is 130 Å². The second-order valence-electron chi connectivity index (χ2n) is 4.32. The first-order valence-corrected chi connectivity index (χ1v) is 7.52. The molecule has 0 bridgehead atoms. The van der Waals surface area contributed by atoms with E-state index < -0.39 is 0 Å². The van der Waals surface area contributed by atoms with Crippen molar-refractivity contribution in [3.8, 4) is 5.75 Å². The van der Waals surface area contributed by atoms with Crippen LogP contribution < -0.4 is 10.5 Å². The molecule has 4 heteroatoms. The molecule has 2 N–H and O–H groups in total. The van der Waals surface area contributed by atoms with Gasteiger partial charge in [0.05, 0.1) is 7.11 Å². The van der Waals surface area contributed by atoms with Gasteiger partial charge in [-0.2, -0.15) is 0 Å². The fourth-order valence-electron chi connectivity index (χ4n) is 1.93. The van der Waals surface area contributed by atoms with Crippen molar-refractivity contribution in [1.82, 2.24) is 0 Å². The van der Waals surface area contributed by atoms with Crippen molar-refractivity contribution in [2.45, 2.75) is 12.5 Å². The topological polar surface area (TPSA) is 35.2 Å². The summed E-state index contributed by atoms with van der Waals surface area (Å²) in [6.45, 7) is 0. The number of hydrogen-bond acceptors (Lipinski definition) is 2. The lowest BCUT2D eigenvalue weighted by Gasteiger charge is -2.14. The molecule has 1 atom stereocenters. The zero-order chi connectivity index (χ0) is 13.8. The predicted octanol–water partition coefficient (Wildman–Crippen LogP) is 4.46. The summed E-state index contributed by atoms with van der Waals surface area (Å²) in [7, 11) is 1.67. The van der Waals surface area contributed by atoms with Gasteiger partial charge in [0.15, 0.2) is 0 Å². The van der Waals surface area contributed by atoms with Crippen molar-refractivity contribution in [1.29, 1.82) is 0 Å². The van der Waals surface area contributed by atoms with E-state index in [1.165, 1.54) is 5.56 Å². The van der Waals surface area contributed by atoms with Gasteiger partial charge in [0, 0.05) is 15.0 Å². The fourth-order valence-corrected chi connectivity index (χ4v) is 3.27. The van der Waals surface area contributed by atoms with Gasteiger partial charge >= 0.3 is 0 Å². The van der Waals surface area contributed by atoms with Crippen LogP contribution in [0.4, 0.5) is 0 Å². The molecule has 0 aliphatic carbocycles. The Balaban J connectivity index is 2.13. The van der Waals surface area contributed by atoms with Gasteiger partial charge in [-0.25, -0.2) is 0 Å². The molecule has 0 fully saturated rings. The highest BCUT2D eigenvalue weighted by atomic mass is 79.9. The monoisotopic (exact) mass is 383 g/mol. The summed E-state index contributed by atoms with van der Waals surface area (Å²) < 4.78 is 7.22. The molecule has 0 radical (unpaired) electrons. The van der Waals surface area contributed by atoms with E-state index in [4.69, 9.17) is 10.5 Å². The van der Waals surface area contributed by atoms with Crippen molar-refractivity contribution in [2.24, 2.45) is 5.73 Å². The average molecular weight is 385 g/mol. The van der Waals surface area contributed by atoms with Crippen molar-refractivity contribution >= 4 is 31.9 Å². The van der Waals surface area contributed by atoms with Crippen molar-refractivity contribution in [3.05, 3.63) is 62.5 Å². The maximum Gasteiger partial charge on any atom is 0.118 e. The zero-order valence-electron chi connectivity index (χ0n) is 10.6. The SMILES string of the molecule is COc1ccc(CC(N)c2ccc(Br)cc2Br)cc1. The Morgan fingerprint density at radius 1 is 1.11 bits per heavy atom. The highest BCUT2D eigenvalue weighted by Gasteiger charge is 2.11. The average Bonchev–Trinajstić information content (AvgIpc) is 2.39. The minimum atomic E-state index is -0.0316. The molecular formula is C15H15Br2NO. The Kier molecular flexibility index (Phi) is 5.02. The first-order valence-electron chi connectivity index (χ1n) is 5.93. The summed E-state index contributed by atoms with van der Waals surface area (Å²) in [5.41, 5.74) is 8.58. The maximum absolute atomic E-state index is 6.27. The lowest BCUT2D eigenvalue weighted by atomic mass is 10.00. The van der Waals surface area contributed by atoms with Crippen molar-refractivity contribution < 1.29 is 4.74 Å². The minimum Gasteiger partial charge on any atom is -0.497 e. The van der Waals surface area contributed by atoms with Crippen LogP contribution in [0.5, 0.6) is 5.75 Å². The first-order chi connectivity index (χ1) is 9.10. The van der Waals surface area contributed by atoms with Crippen LogP contribution >= 0.6 is 31.9 Å². The Bertz CT molecular complexity index is 555. The summed E-state index contributed by atoms with van der Waals surface area (Å²) >= 11 is 7.00. The second kappa shape index (κ2) is 6.55. The third-order valence-electron chi connectivity index (χ3n) is 2.98. The molecule has 0 amide bonds. The fraction of sp³-hybridized carbons (Fsp3) is 0.200. The maximum atomic E-state index is 6.27. The minimum absolute atomic E-state index is 0.0316. The molecule has 2 nitrogen and oxygen atoms in total. The molecule has 0 aromatic heterocycles. The van der Waals surface area contributed by atoms with E-state index in [0.29, 0.717) is 0 Å². The van der Waals surface area contributed by atoms with E-state index >= 15 is 0 Å². The Morgan fingerprint density at radius 3 is 2.37 bits per heavy atom. The predicted molar refractivity (Wildman–Crippen MR) is 85.5 cm³/mol. The molecule has 1 unspecified atom stereocenters. The molecule has 0 spiro atoms. The number of rotatable bonds is 4. The van der Waals surface area contributed by atoms with E-state index in [-0.39, 0.29) is 6.04 Å². The van der Waals surface area contributed by atoms with E-state index in [1.807, 2.05) is 42.5 Å². The van der Waals surface area contributed by atoms with Crippen LogP contribution in [0.1, 0.15) is 17.2 Å². The number of hydrogen-bond donors (Lipinski definition) is 1. The third-order valence-corrected chi connectivity index (χ3v) is 4.16. The molecule has 0 aliphatic rings. The summed E-state index contributed by atoms with van der Waals surface area (Å²) in [6, 6.07) is 14.0. The van der Waals surface area contributed by atoms with Crippen LogP contribution in [0.2, 0.25) is 0 Å². The van der Waals surface area contributed by atoms with E-state index in [2.05, 4.69) is 31.9 Å². The van der Waals surface area contributed by atoms with Gasteiger partial charge in [-0.15, -0.1) is 0 Å². The largest absolute Gasteiger partial charge is 0.497 e. The lowest BCUT2D eigenvalue weighted by Crippen LogP contribution is -2.13. The second-order valence-corrected chi connectivity index (χ2v) is 6.09. The summed E-state index contributed by atoms with van der Waals surface area (Å²) in [5, 5.41) is 0. The molecule has 2 aromatic carbocycles. The molecule has 19 heavy (non-hydrogen) atoms. The van der Waals surface area contributed by atoms with Crippen LogP contribution in [0.3, 0.4) is 0 Å². The molecular weight excluding hydrogens is 370 g/mol. The Hall–Kier alpha value is -0.840. The smallest absolute Gasteiger partial charge is 0.118 e. The van der Waals surface area contributed by atoms with Crippen molar-refractivity contribution in [3.63, 3.8) is 0 Å². The lowest BCUT2D eigenvalue weighted by molar-refractivity contribution is 0.414. The van der Waals surface area contributed by atoms with Crippen LogP contribution in [0.15, 0.2) is 51.4 Å². The number of halogens is 2. The van der Waals surface area contributed by atoms with Gasteiger partial charge in [-0.3, -0.25) is 0 Å². The van der Waals surface area contributed by atoms with E-state index in [1.54, 1.807) is 7.11 Å². The van der Waals surface area contributed by atoms with Gasteiger partial charge in [-0.1, -0.05) is 50.1 Å². The van der Waals surface area contributed by atoms with E-state index in [9.17, 15) is 0 Å². The molecule has 0 aliphatic heterocycles. The molecule has 2 rings (SSSR count). The molecule has 0 heterocycles. The highest BCUT2D eigenvalue weighted by molar-refractivity contribution is 9.11. The normalized spacial score (nSPS) is 12.2. The van der Waals surface area contributed by atoms with Gasteiger partial charge in [0.25, 0.3) is 0 Å². The molecule has 2 aromatic rings. The van der Waals surface area contributed by atoms with Crippen LogP contribution in [0.25, 0.3) is 0 Å². The number of ether oxygens (including phenoxy) is 1. The van der Waals surface area contributed by atoms with Gasteiger partial charge in [-0.05, 0) is 41.8 Å². The van der Waals surface area contributed by atoms with E-state index in [0.717, 1.165) is 26.7 Å². The van der Waals surface area contributed by atoms with Crippen LogP contribution in [0, 0.1) is 0 Å². The summed E-state index contributed by atoms with van der Waals surface area (Å²) in [6.07, 6.45) is 0.796. The standard InChI is InChI=1S/C15H15Br2NO/c1-19-12-5-2-10(3-6-12)8-15(18)13-7-4-11(16)9-14(13)17/h2-7,9,15H,8,18H2,1H3. The molecule has 0 saturated carbocycles. The van der Waals surface area contributed by atoms with Gasteiger partial charge in [0.1, 0.15) is 5.75 Å². The summed E-state index contributed by atoms with van der Waals surface area (Å²) in [4.78, 5) is 0. The first kappa shape index (κ1) is 14.6. The highest BCUT2D eigenvalue weighted by Crippen LogP contribution is 2.28. The van der Waals surface area contributed by atoms with Crippen LogP contribution in [-0.4, -0.2) is 7.11 Å². The van der Waals surface area contributed by atoms with Crippen LogP contribution in [-0.2, 0) is 6.42 Å². The Morgan fingerprint density at radius 2 is 1.79 bits per heavy atom.